The molecule has 1 heterocycles. The quantitative estimate of drug-likeness (QED) is 0.697. The summed E-state index contributed by atoms with van der Waals surface area (Å²) in [5.74, 6) is 0.825. The van der Waals surface area contributed by atoms with Gasteiger partial charge in [-0.05, 0) is 72.9 Å². The van der Waals surface area contributed by atoms with E-state index in [4.69, 9.17) is 9.47 Å². The molecule has 0 radical (unpaired) electrons. The van der Waals surface area contributed by atoms with E-state index in [1.54, 1.807) is 0 Å². The first kappa shape index (κ1) is 24.3. The van der Waals surface area contributed by atoms with Gasteiger partial charge in [-0.15, -0.1) is 0 Å². The minimum Gasteiger partial charge on any atom is -0.492 e. The van der Waals surface area contributed by atoms with Gasteiger partial charge in [0.15, 0.2) is 0 Å². The summed E-state index contributed by atoms with van der Waals surface area (Å²) in [5.41, 5.74) is 1.54. The predicted octanol–water partition coefficient (Wildman–Crippen LogP) is 3.18. The number of carbonyl (C=O) groups is 1. The second-order valence-electron chi connectivity index (χ2n) is 9.39. The fourth-order valence-corrected chi connectivity index (χ4v) is 3.56. The van der Waals surface area contributed by atoms with Crippen LogP contribution in [0, 0.1) is 0 Å². The van der Waals surface area contributed by atoms with Crippen molar-refractivity contribution in [3.05, 3.63) is 23.8 Å². The van der Waals surface area contributed by atoms with Gasteiger partial charge in [0.1, 0.15) is 18.0 Å². The van der Waals surface area contributed by atoms with Crippen LogP contribution in [0.3, 0.4) is 0 Å². The van der Waals surface area contributed by atoms with Crippen LogP contribution in [0.2, 0.25) is 0 Å². The van der Waals surface area contributed by atoms with Crippen LogP contribution < -0.4 is 15.0 Å². The van der Waals surface area contributed by atoms with Gasteiger partial charge < -0.3 is 29.5 Å². The molecule has 2 rings (SSSR count). The number of piperidine rings is 1. The van der Waals surface area contributed by atoms with Crippen LogP contribution >= 0.6 is 0 Å². The summed E-state index contributed by atoms with van der Waals surface area (Å²) in [6.07, 6.45) is 1.57. The molecular weight excluding hydrogens is 380 g/mol. The Morgan fingerprint density at radius 3 is 2.37 bits per heavy atom. The Balaban J connectivity index is 2.34. The highest BCUT2D eigenvalue weighted by molar-refractivity contribution is 5.70. The number of benzene rings is 1. The monoisotopic (exact) mass is 420 g/mol. The van der Waals surface area contributed by atoms with Crippen molar-refractivity contribution < 1.29 is 14.3 Å². The fraction of sp³-hybridized carbons (Fsp3) is 0.696. The molecule has 1 aromatic rings. The molecule has 1 amide bonds. The fourth-order valence-electron chi connectivity index (χ4n) is 3.56. The average molecular weight is 421 g/mol. The molecule has 0 spiro atoms. The Kier molecular flexibility index (Phi) is 8.79. The van der Waals surface area contributed by atoms with Gasteiger partial charge in [0.05, 0.1) is 6.54 Å². The van der Waals surface area contributed by atoms with E-state index in [0.29, 0.717) is 13.2 Å². The summed E-state index contributed by atoms with van der Waals surface area (Å²) >= 11 is 0. The number of hydrogen-bond acceptors (Lipinski definition) is 6. The number of carbonyl (C=O) groups excluding carboxylic acids is 1. The molecule has 1 aromatic carbocycles. The zero-order valence-electron chi connectivity index (χ0n) is 19.8. The second-order valence-corrected chi connectivity index (χ2v) is 9.39. The largest absolute Gasteiger partial charge is 0.492 e. The van der Waals surface area contributed by atoms with E-state index in [2.05, 4.69) is 21.2 Å². The van der Waals surface area contributed by atoms with Gasteiger partial charge in [-0.3, -0.25) is 0 Å². The predicted molar refractivity (Wildman–Crippen MR) is 122 cm³/mol. The smallest absolute Gasteiger partial charge is 0.410 e. The molecule has 0 atom stereocenters. The molecule has 1 aliphatic heterocycles. The lowest BCUT2D eigenvalue weighted by molar-refractivity contribution is 0.0106. The topological polar surface area (TPSA) is 57.3 Å². The van der Waals surface area contributed by atoms with E-state index < -0.39 is 5.60 Å². The number of ether oxygens (including phenoxy) is 2. The van der Waals surface area contributed by atoms with Crippen LogP contribution in [0.1, 0.15) is 39.2 Å². The first-order chi connectivity index (χ1) is 14.1. The highest BCUT2D eigenvalue weighted by Crippen LogP contribution is 2.32. The van der Waals surface area contributed by atoms with Crippen molar-refractivity contribution in [3.8, 4) is 5.75 Å². The molecule has 0 bridgehead atoms. The van der Waals surface area contributed by atoms with E-state index in [-0.39, 0.29) is 12.1 Å². The Morgan fingerprint density at radius 2 is 1.80 bits per heavy atom. The third-order valence-corrected chi connectivity index (χ3v) is 5.09. The van der Waals surface area contributed by atoms with Crippen LogP contribution in [0.15, 0.2) is 18.2 Å². The maximum atomic E-state index is 13.2. The SMILES string of the molecule is CN(C)CCOc1cccc(N(C)C)c1CN(C(=O)OC(C)(C)C)C1CCNCC1. The van der Waals surface area contributed by atoms with Crippen molar-refractivity contribution in [1.82, 2.24) is 15.1 Å². The molecule has 0 aromatic heterocycles. The van der Waals surface area contributed by atoms with Gasteiger partial charge in [-0.2, -0.15) is 0 Å². The molecule has 1 aliphatic rings. The minimum atomic E-state index is -0.533. The van der Waals surface area contributed by atoms with Crippen molar-refractivity contribution in [2.45, 2.75) is 51.8 Å². The highest BCUT2D eigenvalue weighted by Gasteiger charge is 2.31. The molecule has 0 saturated carbocycles. The molecule has 30 heavy (non-hydrogen) atoms. The Labute approximate surface area is 182 Å². The van der Waals surface area contributed by atoms with Gasteiger partial charge in [0.2, 0.25) is 0 Å². The van der Waals surface area contributed by atoms with E-state index in [0.717, 1.165) is 49.5 Å². The van der Waals surface area contributed by atoms with Crippen molar-refractivity contribution in [2.75, 3.05) is 59.3 Å². The lowest BCUT2D eigenvalue weighted by Gasteiger charge is -2.37. The van der Waals surface area contributed by atoms with Crippen LogP contribution in [-0.2, 0) is 11.3 Å². The Morgan fingerprint density at radius 1 is 1.13 bits per heavy atom. The first-order valence-electron chi connectivity index (χ1n) is 10.9. The van der Waals surface area contributed by atoms with E-state index in [1.165, 1.54) is 0 Å². The summed E-state index contributed by atoms with van der Waals surface area (Å²) in [6.45, 7) is 9.44. The zero-order valence-corrected chi connectivity index (χ0v) is 19.8. The standard InChI is InChI=1S/C23H40N4O3/c1-23(2,3)30-22(28)27(18-11-13-24-14-12-18)17-19-20(26(6)7)9-8-10-21(19)29-16-15-25(4)5/h8-10,18,24H,11-17H2,1-7H3. The molecule has 0 unspecified atom stereocenters. The Hall–Kier alpha value is -1.99. The number of rotatable bonds is 8. The molecule has 1 N–H and O–H groups in total. The van der Waals surface area contributed by atoms with Crippen LogP contribution in [0.5, 0.6) is 5.75 Å². The number of hydrogen-bond donors (Lipinski definition) is 1. The van der Waals surface area contributed by atoms with Crippen molar-refractivity contribution in [2.24, 2.45) is 0 Å². The number of nitrogens with zero attached hydrogens (tertiary/aromatic N) is 3. The van der Waals surface area contributed by atoms with E-state index in [9.17, 15) is 4.79 Å². The van der Waals surface area contributed by atoms with Crippen LogP contribution in [-0.4, -0.2) is 82.0 Å². The summed E-state index contributed by atoms with van der Waals surface area (Å²) in [6, 6.07) is 6.22. The number of anilines is 1. The van der Waals surface area contributed by atoms with Gasteiger partial charge in [-0.25, -0.2) is 4.79 Å². The maximum Gasteiger partial charge on any atom is 0.410 e. The lowest BCUT2D eigenvalue weighted by atomic mass is 10.0. The minimum absolute atomic E-state index is 0.144. The summed E-state index contributed by atoms with van der Waals surface area (Å²) in [5, 5.41) is 3.38. The number of amides is 1. The average Bonchev–Trinajstić information content (AvgIpc) is 2.65. The van der Waals surface area contributed by atoms with Crippen molar-refractivity contribution >= 4 is 11.8 Å². The maximum absolute atomic E-state index is 13.2. The van der Waals surface area contributed by atoms with E-state index in [1.807, 2.05) is 66.0 Å². The van der Waals surface area contributed by atoms with Crippen LogP contribution in [0.25, 0.3) is 0 Å². The highest BCUT2D eigenvalue weighted by atomic mass is 16.6. The molecule has 1 saturated heterocycles. The summed E-state index contributed by atoms with van der Waals surface area (Å²) in [7, 11) is 8.10. The number of nitrogens with one attached hydrogen (secondary N) is 1. The number of likely N-dealkylation sites (N-methyl/N-ethyl adjacent to an activating group) is 1. The normalized spacial score (nSPS) is 15.2. The van der Waals surface area contributed by atoms with Crippen molar-refractivity contribution in [1.29, 1.82) is 0 Å². The van der Waals surface area contributed by atoms with E-state index >= 15 is 0 Å². The van der Waals surface area contributed by atoms with Gasteiger partial charge in [0.25, 0.3) is 0 Å². The third kappa shape index (κ3) is 7.36. The third-order valence-electron chi connectivity index (χ3n) is 5.09. The summed E-state index contributed by atoms with van der Waals surface area (Å²) in [4.78, 5) is 19.2. The second kappa shape index (κ2) is 10.9. The van der Waals surface area contributed by atoms with Crippen molar-refractivity contribution in [3.63, 3.8) is 0 Å². The molecular formula is C23H40N4O3. The zero-order chi connectivity index (χ0) is 22.3. The van der Waals surface area contributed by atoms with Gasteiger partial charge in [-0.1, -0.05) is 6.07 Å². The van der Waals surface area contributed by atoms with Crippen LogP contribution in [0.4, 0.5) is 10.5 Å². The first-order valence-corrected chi connectivity index (χ1v) is 10.9. The molecule has 7 heteroatoms. The molecule has 170 valence electrons. The Bertz CT molecular complexity index is 680. The molecule has 0 aliphatic carbocycles. The van der Waals surface area contributed by atoms with Gasteiger partial charge in [0, 0.05) is 37.9 Å². The van der Waals surface area contributed by atoms with Gasteiger partial charge >= 0.3 is 6.09 Å². The molecule has 7 nitrogen and oxygen atoms in total. The summed E-state index contributed by atoms with van der Waals surface area (Å²) < 4.78 is 11.9. The molecule has 1 fully saturated rings. The lowest BCUT2D eigenvalue weighted by Crippen LogP contribution is -2.47.